The maximum absolute atomic E-state index is 7.44. The molecule has 94 valence electrons. The standard InChI is InChI=1S/C12H17ClN2OS/c1-2-17-7-3-6-16-11-8-9(13)4-5-10(11)12(14)15/h4-5,8H,2-3,6-7H2,1H3,(H3,14,15). The number of ether oxygens (including phenoxy) is 1. The van der Waals surface area contributed by atoms with Crippen molar-refractivity contribution in [1.82, 2.24) is 0 Å². The van der Waals surface area contributed by atoms with Gasteiger partial charge in [-0.25, -0.2) is 0 Å². The van der Waals surface area contributed by atoms with E-state index in [1.54, 1.807) is 18.2 Å². The molecule has 0 amide bonds. The number of thioether (sulfide) groups is 1. The summed E-state index contributed by atoms with van der Waals surface area (Å²) in [5, 5.41) is 8.03. The van der Waals surface area contributed by atoms with E-state index in [4.69, 9.17) is 27.5 Å². The molecule has 0 atom stereocenters. The molecule has 5 heteroatoms. The third-order valence-corrected chi connectivity index (χ3v) is 3.35. The first-order valence-corrected chi connectivity index (χ1v) is 7.03. The Hall–Kier alpha value is -0.870. The van der Waals surface area contributed by atoms with Crippen molar-refractivity contribution in [3.05, 3.63) is 28.8 Å². The maximum Gasteiger partial charge on any atom is 0.131 e. The lowest BCUT2D eigenvalue weighted by molar-refractivity contribution is 0.318. The van der Waals surface area contributed by atoms with Gasteiger partial charge in [0, 0.05) is 5.02 Å². The Balaban J connectivity index is 2.56. The van der Waals surface area contributed by atoms with Gasteiger partial charge in [-0.2, -0.15) is 11.8 Å². The first-order valence-electron chi connectivity index (χ1n) is 5.49. The van der Waals surface area contributed by atoms with Crippen LogP contribution in [-0.4, -0.2) is 23.9 Å². The molecule has 0 bridgehead atoms. The second kappa shape index (κ2) is 7.45. The molecule has 0 radical (unpaired) electrons. The molecule has 0 spiro atoms. The summed E-state index contributed by atoms with van der Waals surface area (Å²) >= 11 is 7.77. The Labute approximate surface area is 111 Å². The van der Waals surface area contributed by atoms with Crippen LogP contribution in [0.15, 0.2) is 18.2 Å². The molecule has 0 unspecified atom stereocenters. The van der Waals surface area contributed by atoms with E-state index in [0.29, 0.717) is 22.9 Å². The molecule has 1 aromatic carbocycles. The van der Waals surface area contributed by atoms with Crippen molar-refractivity contribution in [3.63, 3.8) is 0 Å². The van der Waals surface area contributed by atoms with Gasteiger partial charge >= 0.3 is 0 Å². The van der Waals surface area contributed by atoms with Gasteiger partial charge in [-0.1, -0.05) is 18.5 Å². The summed E-state index contributed by atoms with van der Waals surface area (Å²) in [5.74, 6) is 2.79. The van der Waals surface area contributed by atoms with Crippen LogP contribution in [0.25, 0.3) is 0 Å². The summed E-state index contributed by atoms with van der Waals surface area (Å²) in [4.78, 5) is 0. The van der Waals surface area contributed by atoms with Crippen LogP contribution < -0.4 is 10.5 Å². The van der Waals surface area contributed by atoms with Crippen LogP contribution in [0.3, 0.4) is 0 Å². The van der Waals surface area contributed by atoms with Crippen molar-refractivity contribution < 1.29 is 4.74 Å². The third kappa shape index (κ3) is 4.88. The Morgan fingerprint density at radius 3 is 2.94 bits per heavy atom. The molecule has 1 aromatic rings. The van der Waals surface area contributed by atoms with Gasteiger partial charge < -0.3 is 10.5 Å². The summed E-state index contributed by atoms with van der Waals surface area (Å²) in [5.41, 5.74) is 6.07. The first-order chi connectivity index (χ1) is 8.15. The van der Waals surface area contributed by atoms with Gasteiger partial charge in [-0.3, -0.25) is 5.41 Å². The summed E-state index contributed by atoms with van der Waals surface area (Å²) < 4.78 is 5.61. The number of halogens is 1. The van der Waals surface area contributed by atoms with E-state index in [1.165, 1.54) is 0 Å². The Bertz CT molecular complexity index is 385. The van der Waals surface area contributed by atoms with Crippen molar-refractivity contribution in [2.75, 3.05) is 18.1 Å². The van der Waals surface area contributed by atoms with Crippen LogP contribution in [0.4, 0.5) is 0 Å². The van der Waals surface area contributed by atoms with Crippen molar-refractivity contribution in [2.24, 2.45) is 5.73 Å². The van der Waals surface area contributed by atoms with Crippen molar-refractivity contribution >= 4 is 29.2 Å². The fraction of sp³-hybridized carbons (Fsp3) is 0.417. The van der Waals surface area contributed by atoms with Crippen LogP contribution >= 0.6 is 23.4 Å². The topological polar surface area (TPSA) is 59.1 Å². The number of hydrogen-bond acceptors (Lipinski definition) is 3. The van der Waals surface area contributed by atoms with Crippen molar-refractivity contribution in [1.29, 1.82) is 5.41 Å². The fourth-order valence-electron chi connectivity index (χ4n) is 1.33. The lowest BCUT2D eigenvalue weighted by atomic mass is 10.2. The zero-order valence-corrected chi connectivity index (χ0v) is 11.4. The minimum absolute atomic E-state index is 0.000371. The molecule has 0 aromatic heterocycles. The molecular formula is C12H17ClN2OS. The van der Waals surface area contributed by atoms with E-state index in [0.717, 1.165) is 17.9 Å². The van der Waals surface area contributed by atoms with E-state index in [2.05, 4.69) is 6.92 Å². The van der Waals surface area contributed by atoms with E-state index in [9.17, 15) is 0 Å². The summed E-state index contributed by atoms with van der Waals surface area (Å²) in [6.45, 7) is 2.75. The summed E-state index contributed by atoms with van der Waals surface area (Å²) in [6, 6.07) is 5.12. The summed E-state index contributed by atoms with van der Waals surface area (Å²) in [7, 11) is 0. The van der Waals surface area contributed by atoms with Crippen molar-refractivity contribution in [2.45, 2.75) is 13.3 Å². The van der Waals surface area contributed by atoms with Crippen LogP contribution in [-0.2, 0) is 0 Å². The van der Waals surface area contributed by atoms with Gasteiger partial charge in [-0.05, 0) is 36.1 Å². The zero-order chi connectivity index (χ0) is 12.7. The number of amidine groups is 1. The summed E-state index contributed by atoms with van der Waals surface area (Å²) in [6.07, 6.45) is 0.975. The quantitative estimate of drug-likeness (QED) is 0.455. The molecule has 0 saturated carbocycles. The van der Waals surface area contributed by atoms with Crippen LogP contribution in [0.2, 0.25) is 5.02 Å². The van der Waals surface area contributed by atoms with Crippen LogP contribution in [0.1, 0.15) is 18.9 Å². The lowest BCUT2D eigenvalue weighted by Gasteiger charge is -2.10. The largest absolute Gasteiger partial charge is 0.493 e. The smallest absolute Gasteiger partial charge is 0.131 e. The lowest BCUT2D eigenvalue weighted by Crippen LogP contribution is -2.13. The predicted molar refractivity (Wildman–Crippen MR) is 75.6 cm³/mol. The Kier molecular flexibility index (Phi) is 6.22. The van der Waals surface area contributed by atoms with E-state index in [-0.39, 0.29) is 5.84 Å². The third-order valence-electron chi connectivity index (χ3n) is 2.13. The number of nitrogen functional groups attached to an aromatic ring is 1. The first kappa shape index (κ1) is 14.2. The molecule has 0 aliphatic carbocycles. The molecule has 0 aliphatic heterocycles. The molecule has 17 heavy (non-hydrogen) atoms. The molecule has 1 rings (SSSR count). The molecular weight excluding hydrogens is 256 g/mol. The fourth-order valence-corrected chi connectivity index (χ4v) is 2.10. The molecule has 0 saturated heterocycles. The molecule has 3 N–H and O–H groups in total. The van der Waals surface area contributed by atoms with Crippen molar-refractivity contribution in [3.8, 4) is 5.75 Å². The van der Waals surface area contributed by atoms with Gasteiger partial charge in [0.15, 0.2) is 0 Å². The molecule has 0 aliphatic rings. The highest BCUT2D eigenvalue weighted by Gasteiger charge is 2.07. The van der Waals surface area contributed by atoms with Gasteiger partial charge in [-0.15, -0.1) is 0 Å². The van der Waals surface area contributed by atoms with E-state index < -0.39 is 0 Å². The second-order valence-corrected chi connectivity index (χ2v) is 5.28. The Morgan fingerprint density at radius 1 is 1.53 bits per heavy atom. The average Bonchev–Trinajstić information content (AvgIpc) is 2.28. The molecule has 0 fully saturated rings. The number of hydrogen-bond donors (Lipinski definition) is 2. The Morgan fingerprint density at radius 2 is 2.29 bits per heavy atom. The second-order valence-electron chi connectivity index (χ2n) is 3.45. The SMILES string of the molecule is CCSCCCOc1cc(Cl)ccc1C(=N)N. The van der Waals surface area contributed by atoms with Crippen LogP contribution in [0, 0.1) is 5.41 Å². The highest BCUT2D eigenvalue weighted by Crippen LogP contribution is 2.23. The number of nitrogens with two attached hydrogens (primary N) is 1. The normalized spacial score (nSPS) is 10.2. The zero-order valence-electron chi connectivity index (χ0n) is 9.83. The number of benzene rings is 1. The van der Waals surface area contributed by atoms with Gasteiger partial charge in [0.25, 0.3) is 0 Å². The molecule has 0 heterocycles. The van der Waals surface area contributed by atoms with Crippen LogP contribution in [0.5, 0.6) is 5.75 Å². The highest BCUT2D eigenvalue weighted by molar-refractivity contribution is 7.99. The minimum atomic E-state index is -0.000371. The van der Waals surface area contributed by atoms with E-state index in [1.807, 2.05) is 11.8 Å². The predicted octanol–water partition coefficient (Wildman–Crippen LogP) is 3.15. The van der Waals surface area contributed by atoms with Gasteiger partial charge in [0.1, 0.15) is 11.6 Å². The molecule has 3 nitrogen and oxygen atoms in total. The number of nitrogens with one attached hydrogen (secondary N) is 1. The average molecular weight is 273 g/mol. The minimum Gasteiger partial charge on any atom is -0.493 e. The number of rotatable bonds is 7. The highest BCUT2D eigenvalue weighted by atomic mass is 35.5. The van der Waals surface area contributed by atoms with Gasteiger partial charge in [0.2, 0.25) is 0 Å². The maximum atomic E-state index is 7.44. The van der Waals surface area contributed by atoms with Gasteiger partial charge in [0.05, 0.1) is 12.2 Å². The van der Waals surface area contributed by atoms with E-state index >= 15 is 0 Å². The monoisotopic (exact) mass is 272 g/mol.